The Morgan fingerprint density at radius 1 is 1.12 bits per heavy atom. The lowest BCUT2D eigenvalue weighted by atomic mass is 10.1. The number of imidazole rings is 1. The molecule has 16 nitrogen and oxygen atoms in total. The molecule has 16 heteroatoms. The van der Waals surface area contributed by atoms with E-state index >= 15 is 0 Å². The molecule has 49 heavy (non-hydrogen) atoms. The maximum absolute atomic E-state index is 12.7. The van der Waals surface area contributed by atoms with Crippen molar-refractivity contribution in [3.63, 3.8) is 0 Å². The number of carbonyl (C=O) groups excluding carboxylic acids is 1. The molecule has 7 rings (SSSR count). The van der Waals surface area contributed by atoms with E-state index < -0.39 is 30.6 Å². The second-order valence-corrected chi connectivity index (χ2v) is 12.2. The van der Waals surface area contributed by atoms with E-state index in [1.165, 1.54) is 6.33 Å². The number of benzene rings is 1. The molecule has 6 atom stereocenters. The van der Waals surface area contributed by atoms with Crippen LogP contribution >= 0.6 is 0 Å². The van der Waals surface area contributed by atoms with Gasteiger partial charge in [-0.05, 0) is 37.0 Å². The number of pyridine rings is 1. The monoisotopic (exact) mass is 670 g/mol. The van der Waals surface area contributed by atoms with Gasteiger partial charge in [-0.25, -0.2) is 9.78 Å². The zero-order valence-corrected chi connectivity index (χ0v) is 26.8. The van der Waals surface area contributed by atoms with E-state index in [2.05, 4.69) is 31.1 Å². The number of aryl methyl sites for hydroxylation is 1. The van der Waals surface area contributed by atoms with E-state index in [0.717, 1.165) is 5.56 Å². The lowest BCUT2D eigenvalue weighted by molar-refractivity contribution is -0.0434. The van der Waals surface area contributed by atoms with Crippen LogP contribution in [0.4, 0.5) is 22.2 Å². The molecule has 2 aliphatic rings. The lowest BCUT2D eigenvalue weighted by Crippen LogP contribution is -2.40. The highest BCUT2D eigenvalue weighted by Crippen LogP contribution is 2.40. The Bertz CT molecular complexity index is 1870. The predicted octanol–water partition coefficient (Wildman–Crippen LogP) is 2.18. The maximum atomic E-state index is 12.7. The van der Waals surface area contributed by atoms with Crippen LogP contribution in [0.1, 0.15) is 42.7 Å². The smallest absolute Gasteiger partial charge is 0.319 e. The minimum Gasteiger partial charge on any atom is -0.394 e. The van der Waals surface area contributed by atoms with Crippen LogP contribution < -0.4 is 20.9 Å². The van der Waals surface area contributed by atoms with E-state index in [0.29, 0.717) is 72.4 Å². The van der Waals surface area contributed by atoms with E-state index in [1.54, 1.807) is 35.2 Å². The van der Waals surface area contributed by atoms with Crippen LogP contribution in [0.15, 0.2) is 71.8 Å². The van der Waals surface area contributed by atoms with Crippen molar-refractivity contribution in [2.45, 2.75) is 62.8 Å². The summed E-state index contributed by atoms with van der Waals surface area (Å²) in [6.07, 6.45) is 1.84. The largest absolute Gasteiger partial charge is 0.394 e. The summed E-state index contributed by atoms with van der Waals surface area (Å²) < 4.78 is 13.2. The Balaban J connectivity index is 1.17. The molecule has 0 aliphatic carbocycles. The van der Waals surface area contributed by atoms with E-state index in [1.807, 2.05) is 42.2 Å². The molecule has 0 radical (unpaired) electrons. The highest BCUT2D eigenvalue weighted by Gasteiger charge is 2.47. The second kappa shape index (κ2) is 14.1. The fraction of sp³-hybridized carbons (Fsp3) is 0.394. The number of ether oxygens (including phenoxy) is 1. The molecule has 0 bridgehead atoms. The number of fused-ring (bicyclic) bond motifs is 1. The first-order valence-electron chi connectivity index (χ1n) is 16.3. The first-order chi connectivity index (χ1) is 23.9. The molecule has 2 saturated heterocycles. The van der Waals surface area contributed by atoms with Gasteiger partial charge in [0.05, 0.1) is 36.6 Å². The molecule has 5 aromatic rings. The molecule has 2 fully saturated rings. The van der Waals surface area contributed by atoms with Crippen LogP contribution in [0.5, 0.6) is 0 Å². The molecule has 6 N–H and O–H groups in total. The SMILES string of the molecule is CCc1cc([C@H]2O[C@@H](n3cnc4c(N[C@H](CO)Cc5ccccc5)nc(N5CC[C@@H](NC(=O)Nc6cccnc6)C5)nc43)[C@@H](O)[C@@H]2O)on1. The van der Waals surface area contributed by atoms with Gasteiger partial charge in [0.1, 0.15) is 18.3 Å². The van der Waals surface area contributed by atoms with Crippen LogP contribution in [0.25, 0.3) is 11.2 Å². The van der Waals surface area contributed by atoms with E-state index in [4.69, 9.17) is 19.2 Å². The standard InChI is InChI=1S/C33H38N10O6/c1-2-20-14-24(49-41-20)28-26(45)27(46)31(48-28)43-18-35-25-29(36-23(17-44)13-19-7-4-3-5-8-19)39-32(40-30(25)43)42-12-10-22(16-42)38-33(47)37-21-9-6-11-34-15-21/h3-9,11,14-15,18,22-23,26-28,31,44-46H,2,10,12-13,16-17H2,1H3,(H,36,39,40)(H2,37,38,47)/t22-,23+,26+,27+,28-,31-/m1/s1. The van der Waals surface area contributed by atoms with Gasteiger partial charge in [-0.1, -0.05) is 42.4 Å². The number of nitrogens with zero attached hydrogens (tertiary/aromatic N) is 7. The average Bonchev–Trinajstić information content (AvgIpc) is 3.93. The molecule has 6 heterocycles. The summed E-state index contributed by atoms with van der Waals surface area (Å²) in [6, 6.07) is 14.1. The zero-order chi connectivity index (χ0) is 33.9. The van der Waals surface area contributed by atoms with Gasteiger partial charge in [0.15, 0.2) is 29.0 Å². The fourth-order valence-corrected chi connectivity index (χ4v) is 6.19. The van der Waals surface area contributed by atoms with Crippen molar-refractivity contribution in [1.29, 1.82) is 0 Å². The van der Waals surface area contributed by atoms with Crippen LogP contribution in [0, 0.1) is 0 Å². The van der Waals surface area contributed by atoms with Crippen molar-refractivity contribution < 1.29 is 29.4 Å². The van der Waals surface area contributed by atoms with Crippen LogP contribution in [-0.2, 0) is 17.6 Å². The van der Waals surface area contributed by atoms with Gasteiger partial charge in [-0.2, -0.15) is 9.97 Å². The summed E-state index contributed by atoms with van der Waals surface area (Å²) >= 11 is 0. The Labute approximate surface area is 281 Å². The molecule has 0 saturated carbocycles. The molecule has 2 amide bonds. The van der Waals surface area contributed by atoms with Crippen LogP contribution in [0.2, 0.25) is 0 Å². The van der Waals surface area contributed by atoms with Crippen molar-refractivity contribution >= 4 is 34.6 Å². The van der Waals surface area contributed by atoms with Crippen LogP contribution in [0.3, 0.4) is 0 Å². The lowest BCUT2D eigenvalue weighted by Gasteiger charge is -2.22. The normalized spacial score (nSPS) is 22.8. The third-order valence-electron chi connectivity index (χ3n) is 8.75. The summed E-state index contributed by atoms with van der Waals surface area (Å²) in [4.78, 5) is 33.0. The van der Waals surface area contributed by atoms with Crippen molar-refractivity contribution in [3.05, 3.63) is 84.3 Å². The zero-order valence-electron chi connectivity index (χ0n) is 26.8. The second-order valence-electron chi connectivity index (χ2n) is 12.2. The topological polar surface area (TPSA) is 209 Å². The number of rotatable bonds is 11. The number of hydrogen-bond donors (Lipinski definition) is 6. The first kappa shape index (κ1) is 32.4. The van der Waals surface area contributed by atoms with Gasteiger partial charge >= 0.3 is 6.03 Å². The number of hydrogen-bond acceptors (Lipinski definition) is 13. The van der Waals surface area contributed by atoms with Gasteiger partial charge in [-0.3, -0.25) is 9.55 Å². The number of amides is 2. The third-order valence-corrected chi connectivity index (χ3v) is 8.75. The first-order valence-corrected chi connectivity index (χ1v) is 16.3. The predicted molar refractivity (Wildman–Crippen MR) is 178 cm³/mol. The molecular formula is C33H38N10O6. The third kappa shape index (κ3) is 6.89. The van der Waals surface area contributed by atoms with E-state index in [9.17, 15) is 20.1 Å². The number of carbonyl (C=O) groups is 1. The van der Waals surface area contributed by atoms with Crippen molar-refractivity contribution in [3.8, 4) is 0 Å². The molecule has 0 spiro atoms. The molecule has 256 valence electrons. The summed E-state index contributed by atoms with van der Waals surface area (Å²) in [5.74, 6) is 1.05. The Morgan fingerprint density at radius 2 is 1.98 bits per heavy atom. The number of aromatic nitrogens is 6. The quantitative estimate of drug-likeness (QED) is 0.119. The van der Waals surface area contributed by atoms with Gasteiger partial charge in [0, 0.05) is 31.4 Å². The van der Waals surface area contributed by atoms with Gasteiger partial charge in [0.2, 0.25) is 5.95 Å². The van der Waals surface area contributed by atoms with Gasteiger partial charge in [-0.15, -0.1) is 0 Å². The van der Waals surface area contributed by atoms with Crippen molar-refractivity contribution in [1.82, 2.24) is 35.0 Å². The number of aliphatic hydroxyl groups is 3. The Morgan fingerprint density at radius 3 is 2.73 bits per heavy atom. The van der Waals surface area contributed by atoms with Gasteiger partial charge in [0.25, 0.3) is 0 Å². The molecule has 4 aromatic heterocycles. The molecule has 0 unspecified atom stereocenters. The molecular weight excluding hydrogens is 632 g/mol. The summed E-state index contributed by atoms with van der Waals surface area (Å²) in [6.45, 7) is 2.75. The minimum absolute atomic E-state index is 0.173. The number of nitrogens with one attached hydrogen (secondary N) is 3. The number of urea groups is 1. The van der Waals surface area contributed by atoms with E-state index in [-0.39, 0.29) is 18.7 Å². The summed E-state index contributed by atoms with van der Waals surface area (Å²) in [5.41, 5.74) is 3.05. The maximum Gasteiger partial charge on any atom is 0.319 e. The Kier molecular flexibility index (Phi) is 9.34. The summed E-state index contributed by atoms with van der Waals surface area (Å²) in [5, 5.41) is 45.6. The average molecular weight is 671 g/mol. The van der Waals surface area contributed by atoms with Gasteiger partial charge < -0.3 is 45.4 Å². The number of anilines is 3. The van der Waals surface area contributed by atoms with Crippen molar-refractivity contribution in [2.24, 2.45) is 0 Å². The minimum atomic E-state index is -1.34. The molecule has 2 aliphatic heterocycles. The van der Waals surface area contributed by atoms with Crippen LogP contribution in [-0.4, -0.2) is 95.0 Å². The molecule has 1 aromatic carbocycles. The Hall–Kier alpha value is -5.16. The highest BCUT2D eigenvalue weighted by atomic mass is 16.6. The number of aliphatic hydroxyl groups excluding tert-OH is 3. The highest BCUT2D eigenvalue weighted by molar-refractivity contribution is 5.89. The summed E-state index contributed by atoms with van der Waals surface area (Å²) in [7, 11) is 0. The fourth-order valence-electron chi connectivity index (χ4n) is 6.19. The van der Waals surface area contributed by atoms with Crippen molar-refractivity contribution in [2.75, 3.05) is 35.2 Å².